The Morgan fingerprint density at radius 2 is 2.38 bits per heavy atom. The summed E-state index contributed by atoms with van der Waals surface area (Å²) in [6.45, 7) is 0. The fourth-order valence-electron chi connectivity index (χ4n) is 1.26. The first-order chi connectivity index (χ1) is 6.33. The molecule has 2 heterocycles. The molecule has 2 aromatic rings. The highest BCUT2D eigenvalue weighted by Gasteiger charge is 2.08. The lowest BCUT2D eigenvalue weighted by molar-refractivity contribution is 0.0964. The molecule has 1 amide bonds. The first-order valence-corrected chi connectivity index (χ1v) is 3.96. The van der Waals surface area contributed by atoms with Crippen molar-refractivity contribution < 1.29 is 4.79 Å². The smallest absolute Gasteiger partial charge is 0.254 e. The minimum atomic E-state index is -0.114. The number of carbonyl (C=O) groups excluding carboxylic acids is 1. The van der Waals surface area contributed by atoms with Gasteiger partial charge in [-0.25, -0.2) is 4.98 Å². The minimum Gasteiger partial charge on any atom is -0.355 e. The van der Waals surface area contributed by atoms with Crippen molar-refractivity contribution in [2.75, 3.05) is 7.05 Å². The van der Waals surface area contributed by atoms with Gasteiger partial charge in [0.1, 0.15) is 5.65 Å². The molecule has 0 saturated carbocycles. The van der Waals surface area contributed by atoms with Crippen LogP contribution in [0.1, 0.15) is 10.4 Å². The van der Waals surface area contributed by atoms with Gasteiger partial charge >= 0.3 is 0 Å². The summed E-state index contributed by atoms with van der Waals surface area (Å²) in [6, 6.07) is 3.57. The number of rotatable bonds is 1. The zero-order chi connectivity index (χ0) is 9.26. The predicted molar refractivity (Wildman–Crippen MR) is 48.6 cm³/mol. The van der Waals surface area contributed by atoms with Crippen molar-refractivity contribution >= 4 is 11.6 Å². The largest absolute Gasteiger partial charge is 0.355 e. The van der Waals surface area contributed by atoms with Gasteiger partial charge in [0.15, 0.2) is 0 Å². The lowest BCUT2D eigenvalue weighted by Crippen LogP contribution is -2.18. The highest BCUT2D eigenvalue weighted by atomic mass is 16.1. The number of imidazole rings is 1. The quantitative estimate of drug-likeness (QED) is 0.693. The standard InChI is InChI=1S/C9H9N3O/c1-10-9(13)7-3-2-5-12-6-4-11-8(7)12/h2-6H,1H3,(H,10,13). The second-order valence-corrected chi connectivity index (χ2v) is 2.66. The number of nitrogens with one attached hydrogen (secondary N) is 1. The van der Waals surface area contributed by atoms with Crippen LogP contribution in [0.5, 0.6) is 0 Å². The molecule has 0 aromatic carbocycles. The van der Waals surface area contributed by atoms with Gasteiger partial charge in [0.2, 0.25) is 0 Å². The van der Waals surface area contributed by atoms with Gasteiger partial charge in [-0.2, -0.15) is 0 Å². The second-order valence-electron chi connectivity index (χ2n) is 2.66. The minimum absolute atomic E-state index is 0.114. The van der Waals surface area contributed by atoms with Crippen LogP contribution in [-0.2, 0) is 0 Å². The van der Waals surface area contributed by atoms with Crippen LogP contribution in [0.3, 0.4) is 0 Å². The molecule has 0 aliphatic carbocycles. The lowest BCUT2D eigenvalue weighted by Gasteiger charge is -2.00. The number of nitrogens with zero attached hydrogens (tertiary/aromatic N) is 2. The summed E-state index contributed by atoms with van der Waals surface area (Å²) < 4.78 is 1.81. The number of hydrogen-bond acceptors (Lipinski definition) is 2. The SMILES string of the molecule is CNC(=O)c1cccn2ccnc12. The van der Waals surface area contributed by atoms with Crippen molar-refractivity contribution in [2.45, 2.75) is 0 Å². The summed E-state index contributed by atoms with van der Waals surface area (Å²) in [5.74, 6) is -0.114. The molecule has 0 atom stereocenters. The number of pyridine rings is 1. The Bertz CT molecular complexity index is 447. The summed E-state index contributed by atoms with van der Waals surface area (Å²) in [6.07, 6.45) is 5.33. The van der Waals surface area contributed by atoms with Crippen LogP contribution in [0.2, 0.25) is 0 Å². The first-order valence-electron chi connectivity index (χ1n) is 3.96. The van der Waals surface area contributed by atoms with Crippen molar-refractivity contribution in [1.82, 2.24) is 14.7 Å². The van der Waals surface area contributed by atoms with E-state index in [1.165, 1.54) is 0 Å². The van der Waals surface area contributed by atoms with E-state index in [1.54, 1.807) is 19.3 Å². The molecule has 0 bridgehead atoms. The molecule has 1 N–H and O–H groups in total. The number of fused-ring (bicyclic) bond motifs is 1. The van der Waals surface area contributed by atoms with E-state index in [9.17, 15) is 4.79 Å². The third-order valence-electron chi connectivity index (χ3n) is 1.89. The van der Waals surface area contributed by atoms with E-state index in [-0.39, 0.29) is 5.91 Å². The predicted octanol–water partition coefficient (Wildman–Crippen LogP) is 0.694. The Labute approximate surface area is 75.2 Å². The van der Waals surface area contributed by atoms with Gasteiger partial charge < -0.3 is 9.72 Å². The van der Waals surface area contributed by atoms with E-state index in [2.05, 4.69) is 10.3 Å². The lowest BCUT2D eigenvalue weighted by atomic mass is 10.2. The first kappa shape index (κ1) is 7.79. The molecule has 0 saturated heterocycles. The zero-order valence-corrected chi connectivity index (χ0v) is 7.19. The van der Waals surface area contributed by atoms with Crippen LogP contribution < -0.4 is 5.32 Å². The third-order valence-corrected chi connectivity index (χ3v) is 1.89. The summed E-state index contributed by atoms with van der Waals surface area (Å²) >= 11 is 0. The van der Waals surface area contributed by atoms with E-state index < -0.39 is 0 Å². The molecule has 0 aliphatic rings. The molecule has 2 aromatic heterocycles. The van der Waals surface area contributed by atoms with Gasteiger partial charge in [0.05, 0.1) is 5.56 Å². The van der Waals surface area contributed by atoms with Gasteiger partial charge in [-0.1, -0.05) is 0 Å². The molecule has 0 spiro atoms. The molecule has 4 nitrogen and oxygen atoms in total. The van der Waals surface area contributed by atoms with Crippen LogP contribution in [0, 0.1) is 0 Å². The van der Waals surface area contributed by atoms with E-state index in [1.807, 2.05) is 22.9 Å². The Morgan fingerprint density at radius 3 is 3.15 bits per heavy atom. The van der Waals surface area contributed by atoms with Crippen molar-refractivity contribution in [2.24, 2.45) is 0 Å². The maximum Gasteiger partial charge on any atom is 0.254 e. The van der Waals surface area contributed by atoms with Crippen molar-refractivity contribution in [3.63, 3.8) is 0 Å². The number of aromatic nitrogens is 2. The van der Waals surface area contributed by atoms with E-state index >= 15 is 0 Å². The molecule has 0 radical (unpaired) electrons. The zero-order valence-electron chi connectivity index (χ0n) is 7.19. The van der Waals surface area contributed by atoms with Crippen molar-refractivity contribution in [3.05, 3.63) is 36.3 Å². The van der Waals surface area contributed by atoms with Gasteiger partial charge in [-0.15, -0.1) is 0 Å². The fraction of sp³-hybridized carbons (Fsp3) is 0.111. The maximum atomic E-state index is 11.4. The average molecular weight is 175 g/mol. The highest BCUT2D eigenvalue weighted by Crippen LogP contribution is 2.07. The topological polar surface area (TPSA) is 46.4 Å². The van der Waals surface area contributed by atoms with Crippen LogP contribution in [0.4, 0.5) is 0 Å². The summed E-state index contributed by atoms with van der Waals surface area (Å²) in [5.41, 5.74) is 1.27. The van der Waals surface area contributed by atoms with E-state index in [0.717, 1.165) is 0 Å². The van der Waals surface area contributed by atoms with Crippen LogP contribution in [-0.4, -0.2) is 22.3 Å². The molecule has 13 heavy (non-hydrogen) atoms. The average Bonchev–Trinajstić information content (AvgIpc) is 2.63. The van der Waals surface area contributed by atoms with Crippen LogP contribution >= 0.6 is 0 Å². The van der Waals surface area contributed by atoms with Gasteiger partial charge in [0, 0.05) is 25.6 Å². The number of amides is 1. The van der Waals surface area contributed by atoms with Crippen molar-refractivity contribution in [3.8, 4) is 0 Å². The molecule has 0 aliphatic heterocycles. The summed E-state index contributed by atoms with van der Waals surface area (Å²) in [7, 11) is 1.61. The molecular weight excluding hydrogens is 166 g/mol. The molecule has 4 heteroatoms. The van der Waals surface area contributed by atoms with Gasteiger partial charge in [-0.05, 0) is 12.1 Å². The Morgan fingerprint density at radius 1 is 1.54 bits per heavy atom. The van der Waals surface area contributed by atoms with Crippen LogP contribution in [0.15, 0.2) is 30.7 Å². The highest BCUT2D eigenvalue weighted by molar-refractivity contribution is 5.99. The monoisotopic (exact) mass is 175 g/mol. The fourth-order valence-corrected chi connectivity index (χ4v) is 1.26. The maximum absolute atomic E-state index is 11.4. The number of carbonyl (C=O) groups is 1. The van der Waals surface area contributed by atoms with E-state index in [4.69, 9.17) is 0 Å². The summed E-state index contributed by atoms with van der Waals surface area (Å²) in [5, 5.41) is 2.57. The molecule has 0 unspecified atom stereocenters. The Hall–Kier alpha value is -1.84. The van der Waals surface area contributed by atoms with Crippen LogP contribution in [0.25, 0.3) is 5.65 Å². The third kappa shape index (κ3) is 1.16. The molecule has 0 fully saturated rings. The molecule has 66 valence electrons. The van der Waals surface area contributed by atoms with E-state index in [0.29, 0.717) is 11.2 Å². The second kappa shape index (κ2) is 2.90. The normalized spacial score (nSPS) is 10.2. The number of hydrogen-bond donors (Lipinski definition) is 1. The Kier molecular flexibility index (Phi) is 1.73. The van der Waals surface area contributed by atoms with Gasteiger partial charge in [-0.3, -0.25) is 4.79 Å². The van der Waals surface area contributed by atoms with Crippen molar-refractivity contribution in [1.29, 1.82) is 0 Å². The van der Waals surface area contributed by atoms with Gasteiger partial charge in [0.25, 0.3) is 5.91 Å². The molecular formula is C9H9N3O. The Balaban J connectivity index is 2.67. The molecule has 2 rings (SSSR count). The summed E-state index contributed by atoms with van der Waals surface area (Å²) in [4.78, 5) is 15.5.